The fourth-order valence-electron chi connectivity index (χ4n) is 1.27. The van der Waals surface area contributed by atoms with Gasteiger partial charge in [0.15, 0.2) is 0 Å². The lowest BCUT2D eigenvalue weighted by atomic mass is 10.3. The standard InChI is InChI=1S/C9H16N4O2/c1-7(9-12-11-6-13(9)2)10-5-4-8(14)15-3/h6-7,10H,4-5H2,1-3H3. The number of carbonyl (C=O) groups is 1. The van der Waals surface area contributed by atoms with E-state index in [1.165, 1.54) is 7.11 Å². The van der Waals surface area contributed by atoms with Gasteiger partial charge in [0.1, 0.15) is 12.2 Å². The molecule has 0 aliphatic rings. The fourth-order valence-corrected chi connectivity index (χ4v) is 1.27. The number of hydrogen-bond donors (Lipinski definition) is 1. The van der Waals surface area contributed by atoms with Crippen LogP contribution in [0.2, 0.25) is 0 Å². The van der Waals surface area contributed by atoms with Crippen molar-refractivity contribution >= 4 is 5.97 Å². The number of aryl methyl sites for hydroxylation is 1. The molecule has 1 heterocycles. The van der Waals surface area contributed by atoms with E-state index in [4.69, 9.17) is 0 Å². The first-order valence-corrected chi connectivity index (χ1v) is 4.79. The van der Waals surface area contributed by atoms with Crippen LogP contribution in [0.5, 0.6) is 0 Å². The number of nitrogens with one attached hydrogen (secondary N) is 1. The summed E-state index contributed by atoms with van der Waals surface area (Å²) < 4.78 is 6.38. The van der Waals surface area contributed by atoms with E-state index in [0.29, 0.717) is 13.0 Å². The lowest BCUT2D eigenvalue weighted by Crippen LogP contribution is -2.24. The number of nitrogens with zero attached hydrogens (tertiary/aromatic N) is 3. The summed E-state index contributed by atoms with van der Waals surface area (Å²) in [5, 5.41) is 10.9. The SMILES string of the molecule is COC(=O)CCNC(C)c1nncn1C. The van der Waals surface area contributed by atoms with Crippen molar-refractivity contribution in [1.29, 1.82) is 0 Å². The summed E-state index contributed by atoms with van der Waals surface area (Å²) in [6, 6.07) is 0.0714. The Morgan fingerprint density at radius 2 is 2.47 bits per heavy atom. The molecule has 0 aromatic carbocycles. The van der Waals surface area contributed by atoms with E-state index in [9.17, 15) is 4.79 Å². The maximum Gasteiger partial charge on any atom is 0.306 e. The molecule has 0 saturated heterocycles. The third-order valence-electron chi connectivity index (χ3n) is 2.14. The highest BCUT2D eigenvalue weighted by molar-refractivity contribution is 5.69. The van der Waals surface area contributed by atoms with Gasteiger partial charge in [-0.1, -0.05) is 0 Å². The number of aromatic nitrogens is 3. The smallest absolute Gasteiger partial charge is 0.306 e. The minimum atomic E-state index is -0.215. The number of ether oxygens (including phenoxy) is 1. The van der Waals surface area contributed by atoms with Crippen molar-refractivity contribution in [2.75, 3.05) is 13.7 Å². The molecule has 6 heteroatoms. The summed E-state index contributed by atoms with van der Waals surface area (Å²) in [7, 11) is 3.27. The number of esters is 1. The molecule has 0 fully saturated rings. The summed E-state index contributed by atoms with van der Waals surface area (Å²) in [6.45, 7) is 2.54. The monoisotopic (exact) mass is 212 g/mol. The molecule has 1 rings (SSSR count). The summed E-state index contributed by atoms with van der Waals surface area (Å²) >= 11 is 0. The number of methoxy groups -OCH3 is 1. The van der Waals surface area contributed by atoms with Gasteiger partial charge in [0.2, 0.25) is 0 Å². The van der Waals surface area contributed by atoms with Crippen molar-refractivity contribution in [2.24, 2.45) is 7.05 Å². The average Bonchev–Trinajstić information content (AvgIpc) is 2.64. The molecule has 0 radical (unpaired) electrons. The van der Waals surface area contributed by atoms with Crippen LogP contribution in [0.15, 0.2) is 6.33 Å². The molecule has 6 nitrogen and oxygen atoms in total. The van der Waals surface area contributed by atoms with E-state index in [1.807, 2.05) is 18.5 Å². The third-order valence-corrected chi connectivity index (χ3v) is 2.14. The largest absolute Gasteiger partial charge is 0.469 e. The Bertz CT molecular complexity index is 324. The number of hydrogen-bond acceptors (Lipinski definition) is 5. The van der Waals surface area contributed by atoms with Gasteiger partial charge in [-0.15, -0.1) is 10.2 Å². The van der Waals surface area contributed by atoms with Crippen LogP contribution in [0.1, 0.15) is 25.2 Å². The lowest BCUT2D eigenvalue weighted by molar-refractivity contribution is -0.140. The van der Waals surface area contributed by atoms with Crippen LogP contribution in [-0.4, -0.2) is 34.4 Å². The molecule has 1 aromatic heterocycles. The fraction of sp³-hybridized carbons (Fsp3) is 0.667. The van der Waals surface area contributed by atoms with Crippen LogP contribution in [0.4, 0.5) is 0 Å². The first-order valence-electron chi connectivity index (χ1n) is 4.79. The van der Waals surface area contributed by atoms with Crippen molar-refractivity contribution in [1.82, 2.24) is 20.1 Å². The van der Waals surface area contributed by atoms with Crippen LogP contribution in [-0.2, 0) is 16.6 Å². The Kier molecular flexibility index (Phi) is 4.23. The molecule has 1 aromatic rings. The zero-order valence-electron chi connectivity index (χ0n) is 9.23. The second-order valence-electron chi connectivity index (χ2n) is 3.30. The predicted molar refractivity (Wildman–Crippen MR) is 54.1 cm³/mol. The predicted octanol–water partition coefficient (Wildman–Crippen LogP) is 0.0288. The number of rotatable bonds is 5. The minimum absolute atomic E-state index is 0.0714. The Morgan fingerprint density at radius 3 is 3.00 bits per heavy atom. The highest BCUT2D eigenvalue weighted by Crippen LogP contribution is 2.06. The topological polar surface area (TPSA) is 69.0 Å². The van der Waals surface area contributed by atoms with E-state index in [-0.39, 0.29) is 12.0 Å². The second kappa shape index (κ2) is 5.45. The van der Waals surface area contributed by atoms with Gasteiger partial charge in [-0.2, -0.15) is 0 Å². The summed E-state index contributed by atoms with van der Waals surface area (Å²) in [5.74, 6) is 0.632. The van der Waals surface area contributed by atoms with Gasteiger partial charge < -0.3 is 14.6 Å². The van der Waals surface area contributed by atoms with Crippen molar-refractivity contribution in [3.05, 3.63) is 12.2 Å². The molecular formula is C9H16N4O2. The van der Waals surface area contributed by atoms with Gasteiger partial charge in [0, 0.05) is 13.6 Å². The summed E-state index contributed by atoms with van der Waals surface area (Å²) in [5.41, 5.74) is 0. The molecule has 0 spiro atoms. The van der Waals surface area contributed by atoms with E-state index >= 15 is 0 Å². The zero-order chi connectivity index (χ0) is 11.3. The van der Waals surface area contributed by atoms with Crippen LogP contribution < -0.4 is 5.32 Å². The number of carbonyl (C=O) groups excluding carboxylic acids is 1. The molecule has 15 heavy (non-hydrogen) atoms. The maximum atomic E-state index is 10.9. The molecule has 0 bridgehead atoms. The molecule has 0 aliphatic carbocycles. The van der Waals surface area contributed by atoms with Gasteiger partial charge in [0.25, 0.3) is 0 Å². The Hall–Kier alpha value is -1.43. The maximum absolute atomic E-state index is 10.9. The van der Waals surface area contributed by atoms with Crippen molar-refractivity contribution in [3.63, 3.8) is 0 Å². The molecule has 0 saturated carbocycles. The summed E-state index contributed by atoms with van der Waals surface area (Å²) in [6.07, 6.45) is 2.01. The zero-order valence-corrected chi connectivity index (χ0v) is 9.23. The minimum Gasteiger partial charge on any atom is -0.469 e. The van der Waals surface area contributed by atoms with E-state index in [0.717, 1.165) is 5.82 Å². The van der Waals surface area contributed by atoms with Gasteiger partial charge in [-0.25, -0.2) is 0 Å². The Balaban J connectivity index is 2.34. The molecule has 1 atom stereocenters. The third kappa shape index (κ3) is 3.32. The highest BCUT2D eigenvalue weighted by atomic mass is 16.5. The highest BCUT2D eigenvalue weighted by Gasteiger charge is 2.10. The molecule has 1 unspecified atom stereocenters. The normalized spacial score (nSPS) is 12.5. The van der Waals surface area contributed by atoms with Crippen molar-refractivity contribution in [2.45, 2.75) is 19.4 Å². The van der Waals surface area contributed by atoms with E-state index in [1.54, 1.807) is 6.33 Å². The average molecular weight is 212 g/mol. The summed E-state index contributed by atoms with van der Waals surface area (Å²) in [4.78, 5) is 10.9. The Morgan fingerprint density at radius 1 is 1.73 bits per heavy atom. The van der Waals surface area contributed by atoms with Crippen LogP contribution >= 0.6 is 0 Å². The van der Waals surface area contributed by atoms with Crippen LogP contribution in [0.25, 0.3) is 0 Å². The molecule has 84 valence electrons. The molecular weight excluding hydrogens is 196 g/mol. The first kappa shape index (κ1) is 11.6. The lowest BCUT2D eigenvalue weighted by Gasteiger charge is -2.11. The molecule has 0 amide bonds. The molecule has 0 aliphatic heterocycles. The quantitative estimate of drug-likeness (QED) is 0.697. The van der Waals surface area contributed by atoms with Gasteiger partial charge >= 0.3 is 5.97 Å². The van der Waals surface area contributed by atoms with Gasteiger partial charge in [-0.3, -0.25) is 4.79 Å². The van der Waals surface area contributed by atoms with Gasteiger partial charge in [0.05, 0.1) is 19.6 Å². The van der Waals surface area contributed by atoms with Crippen molar-refractivity contribution < 1.29 is 9.53 Å². The van der Waals surface area contributed by atoms with Crippen molar-refractivity contribution in [3.8, 4) is 0 Å². The second-order valence-corrected chi connectivity index (χ2v) is 3.30. The van der Waals surface area contributed by atoms with Crippen LogP contribution in [0, 0.1) is 0 Å². The van der Waals surface area contributed by atoms with Crippen LogP contribution in [0.3, 0.4) is 0 Å². The van der Waals surface area contributed by atoms with E-state index < -0.39 is 0 Å². The van der Waals surface area contributed by atoms with Gasteiger partial charge in [-0.05, 0) is 6.92 Å². The Labute approximate surface area is 88.6 Å². The van der Waals surface area contributed by atoms with E-state index in [2.05, 4.69) is 20.3 Å². The first-order chi connectivity index (χ1) is 7.15. The molecule has 1 N–H and O–H groups in total.